The van der Waals surface area contributed by atoms with Gasteiger partial charge in [0.05, 0.1) is 4.88 Å². The summed E-state index contributed by atoms with van der Waals surface area (Å²) in [6, 6.07) is 14.0. The van der Waals surface area contributed by atoms with E-state index in [0.29, 0.717) is 11.6 Å². The van der Waals surface area contributed by atoms with Crippen LogP contribution in [0.3, 0.4) is 0 Å². The van der Waals surface area contributed by atoms with Crippen LogP contribution in [0.25, 0.3) is 10.6 Å². The predicted molar refractivity (Wildman–Crippen MR) is 110 cm³/mol. The standard InChI is InChI=1S/C21H22ClN3OS/c1-24-19(13-18(23-24)20-6-4-12-27-20)21(26)25-11-3-2-5-16(14-25)15-7-9-17(22)10-8-15/h4,6-10,12-13,16H,2-3,5,11,14H2,1H3. The van der Waals surface area contributed by atoms with E-state index in [1.807, 2.05) is 47.7 Å². The average molecular weight is 400 g/mol. The Kier molecular flexibility index (Phi) is 5.32. The summed E-state index contributed by atoms with van der Waals surface area (Å²) in [5, 5.41) is 7.32. The largest absolute Gasteiger partial charge is 0.337 e. The molecule has 1 aliphatic heterocycles. The van der Waals surface area contributed by atoms with E-state index in [9.17, 15) is 4.79 Å². The first-order valence-corrected chi connectivity index (χ1v) is 10.5. The van der Waals surface area contributed by atoms with Gasteiger partial charge in [0.2, 0.25) is 0 Å². The normalized spacial score (nSPS) is 17.7. The first-order chi connectivity index (χ1) is 13.1. The number of nitrogens with zero attached hydrogens (tertiary/aromatic N) is 3. The van der Waals surface area contributed by atoms with Crippen LogP contribution in [0.2, 0.25) is 5.02 Å². The molecule has 1 saturated heterocycles. The molecule has 3 aromatic rings. The summed E-state index contributed by atoms with van der Waals surface area (Å²) in [5.74, 6) is 0.410. The highest BCUT2D eigenvalue weighted by molar-refractivity contribution is 7.13. The molecule has 1 unspecified atom stereocenters. The van der Waals surface area contributed by atoms with Gasteiger partial charge in [-0.25, -0.2) is 0 Å². The maximum Gasteiger partial charge on any atom is 0.272 e. The summed E-state index contributed by atoms with van der Waals surface area (Å²) in [6.07, 6.45) is 3.26. The van der Waals surface area contributed by atoms with Gasteiger partial charge in [-0.15, -0.1) is 11.3 Å². The third-order valence-electron chi connectivity index (χ3n) is 5.17. The van der Waals surface area contributed by atoms with Gasteiger partial charge in [0, 0.05) is 31.1 Å². The van der Waals surface area contributed by atoms with Crippen LogP contribution in [0.15, 0.2) is 47.8 Å². The number of carbonyl (C=O) groups is 1. The topological polar surface area (TPSA) is 38.1 Å². The molecular formula is C21H22ClN3OS. The van der Waals surface area contributed by atoms with E-state index in [4.69, 9.17) is 11.6 Å². The first-order valence-electron chi connectivity index (χ1n) is 9.24. The lowest BCUT2D eigenvalue weighted by atomic mass is 9.94. The number of rotatable bonds is 3. The van der Waals surface area contributed by atoms with Crippen molar-refractivity contribution < 1.29 is 4.79 Å². The zero-order valence-electron chi connectivity index (χ0n) is 15.3. The van der Waals surface area contributed by atoms with E-state index in [1.165, 1.54) is 5.56 Å². The van der Waals surface area contributed by atoms with Crippen LogP contribution < -0.4 is 0 Å². The lowest BCUT2D eigenvalue weighted by Crippen LogP contribution is -2.35. The molecular weight excluding hydrogens is 378 g/mol. The molecule has 0 bridgehead atoms. The second-order valence-electron chi connectivity index (χ2n) is 7.01. The molecule has 3 heterocycles. The van der Waals surface area contributed by atoms with E-state index < -0.39 is 0 Å². The molecule has 0 radical (unpaired) electrons. The lowest BCUT2D eigenvalue weighted by molar-refractivity contribution is 0.0743. The minimum atomic E-state index is 0.0636. The Labute approximate surface area is 168 Å². The first kappa shape index (κ1) is 18.3. The van der Waals surface area contributed by atoms with Crippen molar-refractivity contribution in [1.29, 1.82) is 0 Å². The number of benzene rings is 1. The molecule has 1 amide bonds. The minimum Gasteiger partial charge on any atom is -0.337 e. The van der Waals surface area contributed by atoms with Crippen LogP contribution in [0.4, 0.5) is 0 Å². The van der Waals surface area contributed by atoms with Crippen LogP contribution in [0.1, 0.15) is 41.2 Å². The van der Waals surface area contributed by atoms with Crippen molar-refractivity contribution in [1.82, 2.24) is 14.7 Å². The summed E-state index contributed by atoms with van der Waals surface area (Å²) in [5.41, 5.74) is 2.76. The molecule has 0 N–H and O–H groups in total. The van der Waals surface area contributed by atoms with E-state index >= 15 is 0 Å². The number of amides is 1. The van der Waals surface area contributed by atoms with Gasteiger partial charge in [-0.3, -0.25) is 9.48 Å². The van der Waals surface area contributed by atoms with Gasteiger partial charge >= 0.3 is 0 Å². The number of hydrogen-bond acceptors (Lipinski definition) is 3. The highest BCUT2D eigenvalue weighted by Gasteiger charge is 2.26. The molecule has 0 aliphatic carbocycles. The molecule has 1 fully saturated rings. The Hall–Kier alpha value is -2.11. The van der Waals surface area contributed by atoms with Crippen molar-refractivity contribution in [2.75, 3.05) is 13.1 Å². The third-order valence-corrected chi connectivity index (χ3v) is 6.32. The van der Waals surface area contributed by atoms with Gasteiger partial charge in [0.15, 0.2) is 0 Å². The quantitative estimate of drug-likeness (QED) is 0.606. The molecule has 140 valence electrons. The fourth-order valence-corrected chi connectivity index (χ4v) is 4.51. The van der Waals surface area contributed by atoms with Gasteiger partial charge in [-0.1, -0.05) is 36.2 Å². The Balaban J connectivity index is 1.56. The number of carbonyl (C=O) groups excluding carboxylic acids is 1. The predicted octanol–water partition coefficient (Wildman–Crippen LogP) is 5.21. The van der Waals surface area contributed by atoms with E-state index in [0.717, 1.165) is 47.9 Å². The number of likely N-dealkylation sites (tertiary alicyclic amines) is 1. The van der Waals surface area contributed by atoms with E-state index in [-0.39, 0.29) is 5.91 Å². The third kappa shape index (κ3) is 3.94. The summed E-state index contributed by atoms with van der Waals surface area (Å²) in [4.78, 5) is 16.3. The summed E-state index contributed by atoms with van der Waals surface area (Å²) in [7, 11) is 1.85. The van der Waals surface area contributed by atoms with E-state index in [1.54, 1.807) is 16.0 Å². The van der Waals surface area contributed by atoms with Crippen LogP contribution in [0.5, 0.6) is 0 Å². The second-order valence-corrected chi connectivity index (χ2v) is 8.40. The monoisotopic (exact) mass is 399 g/mol. The highest BCUT2D eigenvalue weighted by Crippen LogP contribution is 2.29. The molecule has 27 heavy (non-hydrogen) atoms. The molecule has 1 aromatic carbocycles. The van der Waals surface area contributed by atoms with Gasteiger partial charge < -0.3 is 4.90 Å². The number of hydrogen-bond donors (Lipinski definition) is 0. The molecule has 6 heteroatoms. The summed E-state index contributed by atoms with van der Waals surface area (Å²) < 4.78 is 1.71. The minimum absolute atomic E-state index is 0.0636. The number of halogens is 1. The van der Waals surface area contributed by atoms with Crippen LogP contribution in [-0.2, 0) is 7.05 Å². The fraction of sp³-hybridized carbons (Fsp3) is 0.333. The Bertz CT molecular complexity index is 918. The Morgan fingerprint density at radius 1 is 1.22 bits per heavy atom. The van der Waals surface area contributed by atoms with Crippen molar-refractivity contribution in [3.63, 3.8) is 0 Å². The van der Waals surface area contributed by atoms with Gasteiger partial charge in [0.25, 0.3) is 5.91 Å². The van der Waals surface area contributed by atoms with Crippen LogP contribution >= 0.6 is 22.9 Å². The van der Waals surface area contributed by atoms with Crippen molar-refractivity contribution in [3.8, 4) is 10.6 Å². The zero-order valence-corrected chi connectivity index (χ0v) is 16.8. The molecule has 2 aromatic heterocycles. The highest BCUT2D eigenvalue weighted by atomic mass is 35.5. The smallest absolute Gasteiger partial charge is 0.272 e. The van der Waals surface area contributed by atoms with Gasteiger partial charge in [0.1, 0.15) is 11.4 Å². The second kappa shape index (κ2) is 7.87. The summed E-state index contributed by atoms with van der Waals surface area (Å²) in [6.45, 7) is 1.53. The fourth-order valence-electron chi connectivity index (χ4n) is 3.71. The van der Waals surface area contributed by atoms with Gasteiger partial charge in [-0.05, 0) is 48.1 Å². The Morgan fingerprint density at radius 3 is 2.78 bits per heavy atom. The molecule has 4 rings (SSSR count). The number of thiophene rings is 1. The molecule has 1 atom stereocenters. The number of aryl methyl sites for hydroxylation is 1. The van der Waals surface area contributed by atoms with Gasteiger partial charge in [-0.2, -0.15) is 5.10 Å². The lowest BCUT2D eigenvalue weighted by Gasteiger charge is -2.25. The SMILES string of the molecule is Cn1nc(-c2cccs2)cc1C(=O)N1CCCCC(c2ccc(Cl)cc2)C1. The average Bonchev–Trinajstić information content (AvgIpc) is 3.26. The van der Waals surface area contributed by atoms with Crippen molar-refractivity contribution in [2.24, 2.45) is 7.05 Å². The maximum atomic E-state index is 13.2. The summed E-state index contributed by atoms with van der Waals surface area (Å²) >= 11 is 7.67. The molecule has 4 nitrogen and oxygen atoms in total. The molecule has 0 saturated carbocycles. The zero-order chi connectivity index (χ0) is 18.8. The van der Waals surface area contributed by atoms with Crippen LogP contribution in [0, 0.1) is 0 Å². The molecule has 1 aliphatic rings. The maximum absolute atomic E-state index is 13.2. The van der Waals surface area contributed by atoms with Crippen molar-refractivity contribution in [3.05, 3.63) is 64.1 Å². The van der Waals surface area contributed by atoms with Crippen LogP contribution in [-0.4, -0.2) is 33.7 Å². The van der Waals surface area contributed by atoms with E-state index in [2.05, 4.69) is 17.2 Å². The van der Waals surface area contributed by atoms with Crippen molar-refractivity contribution in [2.45, 2.75) is 25.2 Å². The molecule has 0 spiro atoms. The Morgan fingerprint density at radius 2 is 2.04 bits per heavy atom. The number of aromatic nitrogens is 2. The van der Waals surface area contributed by atoms with Crippen molar-refractivity contribution >= 4 is 28.8 Å².